The molecule has 3 heteroatoms. The molecule has 1 aliphatic rings. The zero-order chi connectivity index (χ0) is 11.5. The van der Waals surface area contributed by atoms with Gasteiger partial charge in [0.25, 0.3) is 0 Å². The molecule has 0 saturated carbocycles. The van der Waals surface area contributed by atoms with E-state index < -0.39 is 0 Å². The highest BCUT2D eigenvalue weighted by Crippen LogP contribution is 2.33. The average Bonchev–Trinajstić information content (AvgIpc) is 2.29. The highest BCUT2D eigenvalue weighted by molar-refractivity contribution is 6.30. The minimum absolute atomic E-state index is 0.516. The molecule has 2 nitrogen and oxygen atoms in total. The van der Waals surface area contributed by atoms with E-state index in [1.54, 1.807) is 0 Å². The van der Waals surface area contributed by atoms with Gasteiger partial charge >= 0.3 is 0 Å². The average molecular weight is 239 g/mol. The number of pyridine rings is 1. The Hall–Kier alpha value is -0.600. The number of hydrogen-bond donors (Lipinski definition) is 1. The summed E-state index contributed by atoms with van der Waals surface area (Å²) < 4.78 is 0. The van der Waals surface area contributed by atoms with Crippen LogP contribution in [-0.2, 0) is 0 Å². The minimum atomic E-state index is 0.516. The Balaban J connectivity index is 2.15. The van der Waals surface area contributed by atoms with Gasteiger partial charge in [-0.2, -0.15) is 0 Å². The van der Waals surface area contributed by atoms with Crippen molar-refractivity contribution >= 4 is 11.6 Å². The quantitative estimate of drug-likeness (QED) is 0.801. The maximum atomic E-state index is 6.22. The fourth-order valence-electron chi connectivity index (χ4n) is 2.47. The number of aryl methyl sites for hydroxylation is 1. The van der Waals surface area contributed by atoms with E-state index in [4.69, 9.17) is 11.6 Å². The highest BCUT2D eigenvalue weighted by atomic mass is 35.5. The molecule has 0 aliphatic carbocycles. The van der Waals surface area contributed by atoms with Crippen molar-refractivity contribution in [1.82, 2.24) is 10.3 Å². The Morgan fingerprint density at radius 2 is 2.06 bits per heavy atom. The predicted octanol–water partition coefficient (Wildman–Crippen LogP) is 3.15. The molecule has 2 rings (SSSR count). The molecule has 0 radical (unpaired) electrons. The topological polar surface area (TPSA) is 24.9 Å². The lowest BCUT2D eigenvalue weighted by molar-refractivity contribution is 0.330. The fraction of sp³-hybridized carbons (Fsp3) is 0.615. The SMILES string of the molecule is Cc1ccc(C(C)C2CCNCC2)c(Cl)n1. The first-order valence-corrected chi connectivity index (χ1v) is 6.40. The van der Waals surface area contributed by atoms with Crippen LogP contribution in [0.25, 0.3) is 0 Å². The second-order valence-corrected chi connectivity index (χ2v) is 5.07. The second kappa shape index (κ2) is 5.15. The molecule has 1 aliphatic heterocycles. The fourth-order valence-corrected chi connectivity index (χ4v) is 2.84. The van der Waals surface area contributed by atoms with Crippen molar-refractivity contribution in [2.45, 2.75) is 32.6 Å². The lowest BCUT2D eigenvalue weighted by atomic mass is 9.82. The van der Waals surface area contributed by atoms with Gasteiger partial charge in [-0.25, -0.2) is 4.98 Å². The zero-order valence-electron chi connectivity index (χ0n) is 9.96. The summed E-state index contributed by atoms with van der Waals surface area (Å²) in [6.45, 7) is 6.51. The van der Waals surface area contributed by atoms with Crippen molar-refractivity contribution in [3.05, 3.63) is 28.5 Å². The van der Waals surface area contributed by atoms with Gasteiger partial charge in [0.1, 0.15) is 5.15 Å². The Bertz CT molecular complexity index is 359. The lowest BCUT2D eigenvalue weighted by Gasteiger charge is -2.28. The highest BCUT2D eigenvalue weighted by Gasteiger charge is 2.23. The van der Waals surface area contributed by atoms with E-state index in [9.17, 15) is 0 Å². The molecule has 1 atom stereocenters. The molecule has 2 heterocycles. The molecule has 1 N–H and O–H groups in total. The van der Waals surface area contributed by atoms with Gasteiger partial charge < -0.3 is 5.32 Å². The predicted molar refractivity (Wildman–Crippen MR) is 68.0 cm³/mol. The summed E-state index contributed by atoms with van der Waals surface area (Å²) in [6, 6.07) is 4.19. The van der Waals surface area contributed by atoms with E-state index in [0.717, 1.165) is 24.7 Å². The van der Waals surface area contributed by atoms with E-state index in [2.05, 4.69) is 29.4 Å². The third-order valence-corrected chi connectivity index (χ3v) is 3.90. The van der Waals surface area contributed by atoms with Crippen molar-refractivity contribution < 1.29 is 0 Å². The monoisotopic (exact) mass is 238 g/mol. The standard InChI is InChI=1S/C13H19ClN2/c1-9-3-4-12(13(14)16-9)10(2)11-5-7-15-8-6-11/h3-4,10-11,15H,5-8H2,1-2H3. The molecule has 16 heavy (non-hydrogen) atoms. The first-order valence-electron chi connectivity index (χ1n) is 6.02. The first kappa shape index (κ1) is 11.9. The number of nitrogens with zero attached hydrogens (tertiary/aromatic N) is 1. The molecular formula is C13H19ClN2. The third-order valence-electron chi connectivity index (χ3n) is 3.60. The number of nitrogens with one attached hydrogen (secondary N) is 1. The van der Waals surface area contributed by atoms with Gasteiger partial charge in [0.05, 0.1) is 0 Å². The van der Waals surface area contributed by atoms with Crippen LogP contribution in [0.1, 0.15) is 36.9 Å². The number of piperidine rings is 1. The summed E-state index contributed by atoms with van der Waals surface area (Å²) in [5.41, 5.74) is 2.20. The van der Waals surface area contributed by atoms with Crippen molar-refractivity contribution in [3.63, 3.8) is 0 Å². The molecule has 1 aromatic heterocycles. The third kappa shape index (κ3) is 2.55. The lowest BCUT2D eigenvalue weighted by Crippen LogP contribution is -2.30. The van der Waals surface area contributed by atoms with Crippen LogP contribution in [0.2, 0.25) is 5.15 Å². The van der Waals surface area contributed by atoms with Crippen molar-refractivity contribution in [2.75, 3.05) is 13.1 Å². The number of halogens is 1. The summed E-state index contributed by atoms with van der Waals surface area (Å²) in [5, 5.41) is 4.08. The van der Waals surface area contributed by atoms with Crippen LogP contribution in [0, 0.1) is 12.8 Å². The molecule has 1 aromatic rings. The van der Waals surface area contributed by atoms with E-state index in [1.807, 2.05) is 6.92 Å². The molecular weight excluding hydrogens is 220 g/mol. The summed E-state index contributed by atoms with van der Waals surface area (Å²) in [5.74, 6) is 1.26. The Labute approximate surface area is 102 Å². The van der Waals surface area contributed by atoms with Gasteiger partial charge in [0.2, 0.25) is 0 Å². The number of rotatable bonds is 2. The van der Waals surface area contributed by atoms with E-state index >= 15 is 0 Å². The molecule has 88 valence electrons. The molecule has 1 unspecified atom stereocenters. The van der Waals surface area contributed by atoms with Crippen LogP contribution in [0.3, 0.4) is 0 Å². The second-order valence-electron chi connectivity index (χ2n) is 4.71. The normalized spacial score (nSPS) is 19.7. The molecule has 1 fully saturated rings. The summed E-state index contributed by atoms with van der Waals surface area (Å²) in [6.07, 6.45) is 2.48. The van der Waals surface area contributed by atoms with E-state index in [0.29, 0.717) is 11.1 Å². The molecule has 0 amide bonds. The number of hydrogen-bond acceptors (Lipinski definition) is 2. The minimum Gasteiger partial charge on any atom is -0.317 e. The van der Waals surface area contributed by atoms with Crippen molar-refractivity contribution in [2.24, 2.45) is 5.92 Å². The van der Waals surface area contributed by atoms with Crippen LogP contribution < -0.4 is 5.32 Å². The molecule has 0 bridgehead atoms. The van der Waals surface area contributed by atoms with Gasteiger partial charge in [-0.1, -0.05) is 24.6 Å². The Morgan fingerprint density at radius 3 is 2.69 bits per heavy atom. The van der Waals surface area contributed by atoms with Crippen LogP contribution in [-0.4, -0.2) is 18.1 Å². The summed E-state index contributed by atoms with van der Waals surface area (Å²) in [4.78, 5) is 4.34. The Kier molecular flexibility index (Phi) is 3.82. The van der Waals surface area contributed by atoms with Gasteiger partial charge in [-0.05, 0) is 56.3 Å². The Morgan fingerprint density at radius 1 is 1.38 bits per heavy atom. The van der Waals surface area contributed by atoms with Crippen LogP contribution in [0.5, 0.6) is 0 Å². The maximum Gasteiger partial charge on any atom is 0.132 e. The van der Waals surface area contributed by atoms with Crippen molar-refractivity contribution in [1.29, 1.82) is 0 Å². The smallest absolute Gasteiger partial charge is 0.132 e. The van der Waals surface area contributed by atoms with Gasteiger partial charge in [-0.15, -0.1) is 0 Å². The maximum absolute atomic E-state index is 6.22. The largest absolute Gasteiger partial charge is 0.317 e. The van der Waals surface area contributed by atoms with Crippen molar-refractivity contribution in [3.8, 4) is 0 Å². The van der Waals surface area contributed by atoms with Gasteiger partial charge in [0, 0.05) is 5.69 Å². The van der Waals surface area contributed by atoms with E-state index in [1.165, 1.54) is 18.4 Å². The first-order chi connectivity index (χ1) is 7.68. The van der Waals surface area contributed by atoms with Crippen LogP contribution in [0.15, 0.2) is 12.1 Å². The zero-order valence-corrected chi connectivity index (χ0v) is 10.7. The summed E-state index contributed by atoms with van der Waals surface area (Å²) in [7, 11) is 0. The number of aromatic nitrogens is 1. The van der Waals surface area contributed by atoms with Crippen LogP contribution in [0.4, 0.5) is 0 Å². The molecule has 0 spiro atoms. The van der Waals surface area contributed by atoms with Crippen LogP contribution >= 0.6 is 11.6 Å². The van der Waals surface area contributed by atoms with E-state index in [-0.39, 0.29) is 0 Å². The molecule has 1 saturated heterocycles. The summed E-state index contributed by atoms with van der Waals surface area (Å²) >= 11 is 6.22. The van der Waals surface area contributed by atoms with Gasteiger partial charge in [0.15, 0.2) is 0 Å². The molecule has 0 aromatic carbocycles. The van der Waals surface area contributed by atoms with Gasteiger partial charge in [-0.3, -0.25) is 0 Å².